The maximum atomic E-state index is 9.37. The van der Waals surface area contributed by atoms with Crippen LogP contribution >= 0.6 is 11.6 Å². The van der Waals surface area contributed by atoms with E-state index in [1.54, 1.807) is 6.20 Å². The van der Waals surface area contributed by atoms with E-state index in [1.165, 1.54) is 0 Å². The van der Waals surface area contributed by atoms with Gasteiger partial charge in [-0.15, -0.1) is 0 Å². The Labute approximate surface area is 94.2 Å². The van der Waals surface area contributed by atoms with Crippen molar-refractivity contribution in [3.05, 3.63) is 17.4 Å². The van der Waals surface area contributed by atoms with E-state index in [2.05, 4.69) is 10.4 Å². The Bertz CT molecular complexity index is 335. The van der Waals surface area contributed by atoms with E-state index in [1.807, 2.05) is 17.9 Å². The number of aliphatic hydroxyl groups excluding tert-OH is 1. The van der Waals surface area contributed by atoms with Gasteiger partial charge in [-0.1, -0.05) is 11.6 Å². The van der Waals surface area contributed by atoms with Gasteiger partial charge in [-0.05, 0) is 26.3 Å². The second kappa shape index (κ2) is 4.12. The number of aliphatic hydroxyl groups is 1. The number of halogens is 1. The minimum absolute atomic E-state index is 0.136. The molecule has 0 aliphatic heterocycles. The molecule has 1 aliphatic carbocycles. The second-order valence-corrected chi connectivity index (χ2v) is 4.66. The van der Waals surface area contributed by atoms with Crippen LogP contribution in [0.15, 0.2) is 12.4 Å². The number of hydrogen-bond donors (Lipinski definition) is 2. The van der Waals surface area contributed by atoms with Crippen LogP contribution < -0.4 is 5.32 Å². The summed E-state index contributed by atoms with van der Waals surface area (Å²) >= 11 is 5.83. The first-order chi connectivity index (χ1) is 7.19. The van der Waals surface area contributed by atoms with Gasteiger partial charge in [0.05, 0.1) is 23.9 Å². The molecule has 2 N–H and O–H groups in total. The Balaban J connectivity index is 2.09. The van der Waals surface area contributed by atoms with Crippen molar-refractivity contribution in [1.29, 1.82) is 0 Å². The molecule has 1 heterocycles. The molecule has 1 aliphatic rings. The summed E-state index contributed by atoms with van der Waals surface area (Å²) in [6.07, 6.45) is 6.40. The number of rotatable bonds is 3. The zero-order valence-corrected chi connectivity index (χ0v) is 9.54. The van der Waals surface area contributed by atoms with E-state index in [9.17, 15) is 5.11 Å². The van der Waals surface area contributed by atoms with Crippen LogP contribution in [0.4, 0.5) is 0 Å². The molecule has 5 heteroatoms. The lowest BCUT2D eigenvalue weighted by Gasteiger charge is -2.26. The fourth-order valence-corrected chi connectivity index (χ4v) is 2.43. The predicted octanol–water partition coefficient (Wildman–Crippen LogP) is 1.21. The van der Waals surface area contributed by atoms with E-state index in [4.69, 9.17) is 11.6 Å². The van der Waals surface area contributed by atoms with Gasteiger partial charge in [0, 0.05) is 11.7 Å². The number of aromatic nitrogens is 2. The molecule has 2 rings (SSSR count). The van der Waals surface area contributed by atoms with Gasteiger partial charge in [-0.2, -0.15) is 5.10 Å². The molecule has 2 unspecified atom stereocenters. The lowest BCUT2D eigenvalue weighted by Crippen LogP contribution is -2.44. The van der Waals surface area contributed by atoms with Crippen molar-refractivity contribution < 1.29 is 5.11 Å². The van der Waals surface area contributed by atoms with Gasteiger partial charge in [0.2, 0.25) is 0 Å². The molecule has 0 spiro atoms. The summed E-state index contributed by atoms with van der Waals surface area (Å²) in [5.41, 5.74) is -0.136. The Morgan fingerprint density at radius 3 is 3.07 bits per heavy atom. The average Bonchev–Trinajstić information content (AvgIpc) is 2.84. The van der Waals surface area contributed by atoms with Gasteiger partial charge in [0.1, 0.15) is 0 Å². The van der Waals surface area contributed by atoms with Crippen molar-refractivity contribution >= 4 is 11.6 Å². The monoisotopic (exact) mass is 229 g/mol. The molecular formula is C10H16ClN3O. The molecule has 0 amide bonds. The van der Waals surface area contributed by atoms with Crippen LogP contribution in [0.5, 0.6) is 0 Å². The van der Waals surface area contributed by atoms with Crippen LogP contribution in [0.25, 0.3) is 0 Å². The summed E-state index contributed by atoms with van der Waals surface area (Å²) < 4.78 is 1.90. The Morgan fingerprint density at radius 1 is 1.80 bits per heavy atom. The smallest absolute Gasteiger partial charge is 0.0785 e. The van der Waals surface area contributed by atoms with E-state index >= 15 is 0 Å². The van der Waals surface area contributed by atoms with Crippen LogP contribution in [-0.4, -0.2) is 34.1 Å². The fraction of sp³-hybridized carbons (Fsp3) is 0.700. The number of nitrogens with zero attached hydrogens (tertiary/aromatic N) is 2. The molecule has 0 aromatic carbocycles. The molecule has 2 atom stereocenters. The molecule has 4 nitrogen and oxygen atoms in total. The average molecular weight is 230 g/mol. The molecule has 0 bridgehead atoms. The highest BCUT2D eigenvalue weighted by atomic mass is 35.5. The normalized spacial score (nSPS) is 31.0. The van der Waals surface area contributed by atoms with Crippen LogP contribution in [0, 0.1) is 0 Å². The quantitative estimate of drug-likeness (QED) is 0.819. The maximum Gasteiger partial charge on any atom is 0.0785 e. The van der Waals surface area contributed by atoms with Crippen molar-refractivity contribution in [2.45, 2.75) is 30.8 Å². The van der Waals surface area contributed by atoms with Gasteiger partial charge in [-0.25, -0.2) is 0 Å². The predicted molar refractivity (Wildman–Crippen MR) is 59.0 cm³/mol. The van der Waals surface area contributed by atoms with Crippen LogP contribution in [0.3, 0.4) is 0 Å². The highest BCUT2D eigenvalue weighted by molar-refractivity contribution is 6.30. The summed E-state index contributed by atoms with van der Waals surface area (Å²) in [4.78, 5) is 0. The SMILES string of the molecule is CNC1(CO)CCC(n2cc(Cl)cn2)C1. The molecule has 0 radical (unpaired) electrons. The zero-order valence-electron chi connectivity index (χ0n) is 8.78. The van der Waals surface area contributed by atoms with Crippen molar-refractivity contribution in [2.75, 3.05) is 13.7 Å². The lowest BCUT2D eigenvalue weighted by molar-refractivity contribution is 0.168. The third-order valence-corrected chi connectivity index (χ3v) is 3.55. The first kappa shape index (κ1) is 10.9. The number of nitrogens with one attached hydrogen (secondary N) is 1. The first-order valence-corrected chi connectivity index (χ1v) is 5.56. The minimum Gasteiger partial charge on any atom is -0.394 e. The zero-order chi connectivity index (χ0) is 10.9. The van der Waals surface area contributed by atoms with Gasteiger partial charge in [0.25, 0.3) is 0 Å². The van der Waals surface area contributed by atoms with Gasteiger partial charge in [0.15, 0.2) is 0 Å². The van der Waals surface area contributed by atoms with Crippen molar-refractivity contribution in [1.82, 2.24) is 15.1 Å². The second-order valence-electron chi connectivity index (χ2n) is 4.22. The Hall–Kier alpha value is -0.580. The van der Waals surface area contributed by atoms with E-state index in [0.717, 1.165) is 19.3 Å². The van der Waals surface area contributed by atoms with E-state index < -0.39 is 0 Å². The number of hydrogen-bond acceptors (Lipinski definition) is 3. The van der Waals surface area contributed by atoms with Crippen LogP contribution in [0.1, 0.15) is 25.3 Å². The third-order valence-electron chi connectivity index (χ3n) is 3.36. The van der Waals surface area contributed by atoms with Gasteiger partial charge in [-0.3, -0.25) is 4.68 Å². The standard InChI is InChI=1S/C10H16ClN3O/c1-12-10(7-15)3-2-9(4-10)14-6-8(11)5-13-14/h5-6,9,12,15H,2-4,7H2,1H3. The summed E-state index contributed by atoms with van der Waals surface area (Å²) in [7, 11) is 1.90. The highest BCUT2D eigenvalue weighted by Gasteiger charge is 2.38. The van der Waals surface area contributed by atoms with Gasteiger partial charge >= 0.3 is 0 Å². The largest absolute Gasteiger partial charge is 0.394 e. The van der Waals surface area contributed by atoms with Crippen molar-refractivity contribution in [3.8, 4) is 0 Å². The van der Waals surface area contributed by atoms with Crippen LogP contribution in [0.2, 0.25) is 5.02 Å². The fourth-order valence-electron chi connectivity index (χ4n) is 2.29. The van der Waals surface area contributed by atoms with Crippen LogP contribution in [-0.2, 0) is 0 Å². The van der Waals surface area contributed by atoms with Crippen molar-refractivity contribution in [2.24, 2.45) is 0 Å². The summed E-state index contributed by atoms with van der Waals surface area (Å²) in [5.74, 6) is 0. The topological polar surface area (TPSA) is 50.1 Å². The minimum atomic E-state index is -0.136. The molecule has 1 saturated carbocycles. The first-order valence-electron chi connectivity index (χ1n) is 5.18. The molecule has 0 saturated heterocycles. The Kier molecular flexibility index (Phi) is 3.00. The van der Waals surface area contributed by atoms with E-state index in [0.29, 0.717) is 11.1 Å². The molecule has 1 aromatic rings. The van der Waals surface area contributed by atoms with Gasteiger partial charge < -0.3 is 10.4 Å². The van der Waals surface area contributed by atoms with E-state index in [-0.39, 0.29) is 12.1 Å². The molecule has 84 valence electrons. The molecular weight excluding hydrogens is 214 g/mol. The molecule has 1 fully saturated rings. The molecule has 15 heavy (non-hydrogen) atoms. The summed E-state index contributed by atoms with van der Waals surface area (Å²) in [6.45, 7) is 0.176. The summed E-state index contributed by atoms with van der Waals surface area (Å²) in [5, 5.41) is 17.5. The third kappa shape index (κ3) is 2.02. The maximum absolute atomic E-state index is 9.37. The molecule has 1 aromatic heterocycles. The Morgan fingerprint density at radius 2 is 2.60 bits per heavy atom. The van der Waals surface area contributed by atoms with Crippen molar-refractivity contribution in [3.63, 3.8) is 0 Å². The highest BCUT2D eigenvalue weighted by Crippen LogP contribution is 2.37. The summed E-state index contributed by atoms with van der Waals surface area (Å²) in [6, 6.07) is 0.345. The number of likely N-dealkylation sites (N-methyl/N-ethyl adjacent to an activating group) is 1. The lowest BCUT2D eigenvalue weighted by atomic mass is 9.99.